The zero-order chi connectivity index (χ0) is 30.6. The Morgan fingerprint density at radius 3 is 1.27 bits per heavy atom. The average molecular weight is 604 g/mol. The zero-order valence-corrected chi connectivity index (χ0v) is 21.9. The van der Waals surface area contributed by atoms with E-state index in [0.717, 1.165) is 24.3 Å². The molecule has 44 heavy (non-hydrogen) atoms. The van der Waals surface area contributed by atoms with E-state index in [1.165, 1.54) is 24.5 Å². The van der Waals surface area contributed by atoms with Gasteiger partial charge in [0.25, 0.3) is 0 Å². The summed E-state index contributed by atoms with van der Waals surface area (Å²) in [6.07, 6.45) is -6.25. The van der Waals surface area contributed by atoms with Crippen molar-refractivity contribution in [3.8, 4) is 45.8 Å². The predicted molar refractivity (Wildman–Crippen MR) is 145 cm³/mol. The topological polar surface area (TPSA) is 104 Å². The summed E-state index contributed by atoms with van der Waals surface area (Å²) in [5.41, 5.74) is 0.649. The van der Waals surface area contributed by atoms with E-state index in [4.69, 9.17) is 8.83 Å². The van der Waals surface area contributed by atoms with Gasteiger partial charge in [-0.1, -0.05) is 18.2 Å². The van der Waals surface area contributed by atoms with E-state index in [1.54, 1.807) is 36.4 Å². The molecule has 0 bridgehead atoms. The fourth-order valence-electron chi connectivity index (χ4n) is 4.53. The van der Waals surface area contributed by atoms with Gasteiger partial charge in [-0.2, -0.15) is 26.3 Å². The van der Waals surface area contributed by atoms with Crippen molar-refractivity contribution in [1.29, 1.82) is 0 Å². The SMILES string of the molecule is FC(F)(F)c1ccc2cc(-c3nnc(-c4cccc(-c5nnc(-c6cnc7cc(C(F)(F)F)ccc7c6)o5)c4)o3)cnc2c1. The number of pyridine rings is 2. The standard InChI is InChI=1S/C30H14F6N6O2/c31-29(32,33)21-6-4-15-8-19(13-37-23(15)11-21)27-41-39-25(43-27)17-2-1-3-18(10-17)26-40-42-28(44-26)20-9-16-5-7-22(30(34,35)36)12-24(16)38-14-20/h1-14H. The third-order valence-corrected chi connectivity index (χ3v) is 6.72. The molecule has 0 saturated carbocycles. The summed E-state index contributed by atoms with van der Waals surface area (Å²) in [5.74, 6) is 0.550. The Balaban J connectivity index is 1.14. The van der Waals surface area contributed by atoms with Crippen LogP contribution in [0.4, 0.5) is 26.3 Å². The lowest BCUT2D eigenvalue weighted by atomic mass is 10.1. The Labute approximate surface area is 242 Å². The highest BCUT2D eigenvalue weighted by Gasteiger charge is 2.31. The van der Waals surface area contributed by atoms with Gasteiger partial charge in [-0.25, -0.2) is 0 Å². The third-order valence-electron chi connectivity index (χ3n) is 6.72. The molecule has 0 aliphatic rings. The average Bonchev–Trinajstić information content (AvgIpc) is 3.70. The first-order valence-corrected chi connectivity index (χ1v) is 12.7. The number of benzene rings is 3. The van der Waals surface area contributed by atoms with Crippen LogP contribution >= 0.6 is 0 Å². The van der Waals surface area contributed by atoms with Crippen molar-refractivity contribution in [3.05, 3.63) is 96.3 Å². The molecule has 0 saturated heterocycles. The van der Waals surface area contributed by atoms with Crippen molar-refractivity contribution in [2.45, 2.75) is 12.4 Å². The number of alkyl halides is 6. The van der Waals surface area contributed by atoms with Crippen LogP contribution in [0.3, 0.4) is 0 Å². The molecule has 0 aliphatic heterocycles. The van der Waals surface area contributed by atoms with Crippen molar-refractivity contribution in [1.82, 2.24) is 30.4 Å². The third kappa shape index (κ3) is 5.10. The summed E-state index contributed by atoms with van der Waals surface area (Å²) in [5, 5.41) is 17.2. The van der Waals surface area contributed by atoms with Gasteiger partial charge >= 0.3 is 12.4 Å². The van der Waals surface area contributed by atoms with Crippen molar-refractivity contribution < 1.29 is 35.2 Å². The minimum Gasteiger partial charge on any atom is -0.416 e. The summed E-state index contributed by atoms with van der Waals surface area (Å²) >= 11 is 0. The van der Waals surface area contributed by atoms with Crippen LogP contribution in [0, 0.1) is 0 Å². The Morgan fingerprint density at radius 2 is 0.864 bits per heavy atom. The van der Waals surface area contributed by atoms with E-state index in [2.05, 4.69) is 30.4 Å². The molecule has 8 nitrogen and oxygen atoms in total. The van der Waals surface area contributed by atoms with E-state index in [1.807, 2.05) is 0 Å². The Morgan fingerprint density at radius 1 is 0.455 bits per heavy atom. The fourth-order valence-corrected chi connectivity index (χ4v) is 4.53. The second kappa shape index (κ2) is 9.97. The molecule has 3 aromatic carbocycles. The number of hydrogen-bond acceptors (Lipinski definition) is 8. The monoisotopic (exact) mass is 604 g/mol. The quantitative estimate of drug-likeness (QED) is 0.185. The second-order valence-electron chi connectivity index (χ2n) is 9.66. The number of fused-ring (bicyclic) bond motifs is 2. The molecule has 4 aromatic heterocycles. The molecule has 14 heteroatoms. The summed E-state index contributed by atoms with van der Waals surface area (Å²) in [4.78, 5) is 8.24. The van der Waals surface area contributed by atoms with E-state index < -0.39 is 23.5 Å². The molecule has 7 aromatic rings. The van der Waals surface area contributed by atoms with Crippen molar-refractivity contribution >= 4 is 21.8 Å². The minimum absolute atomic E-state index is 0.117. The first-order valence-electron chi connectivity index (χ1n) is 12.7. The highest BCUT2D eigenvalue weighted by atomic mass is 19.4. The summed E-state index contributed by atoms with van der Waals surface area (Å²) < 4.78 is 89.8. The lowest BCUT2D eigenvalue weighted by molar-refractivity contribution is -0.138. The van der Waals surface area contributed by atoms with Crippen molar-refractivity contribution in [2.75, 3.05) is 0 Å². The fraction of sp³-hybridized carbons (Fsp3) is 0.0667. The molecule has 218 valence electrons. The molecule has 7 rings (SSSR count). The number of rotatable bonds is 4. The maximum atomic E-state index is 13.0. The lowest BCUT2D eigenvalue weighted by Crippen LogP contribution is -2.04. The van der Waals surface area contributed by atoms with E-state index in [0.29, 0.717) is 33.0 Å². The van der Waals surface area contributed by atoms with Gasteiger partial charge in [-0.15, -0.1) is 20.4 Å². The van der Waals surface area contributed by atoms with Crippen molar-refractivity contribution in [3.63, 3.8) is 0 Å². The van der Waals surface area contributed by atoms with Gasteiger partial charge in [0.2, 0.25) is 23.6 Å². The van der Waals surface area contributed by atoms with Gasteiger partial charge in [0.05, 0.1) is 33.3 Å². The van der Waals surface area contributed by atoms with Gasteiger partial charge in [0.15, 0.2) is 0 Å². The maximum Gasteiger partial charge on any atom is 0.416 e. The molecule has 0 aliphatic carbocycles. The summed E-state index contributed by atoms with van der Waals surface area (Å²) in [7, 11) is 0. The van der Waals surface area contributed by atoms with Crippen LogP contribution < -0.4 is 0 Å². The van der Waals surface area contributed by atoms with Crippen molar-refractivity contribution in [2.24, 2.45) is 0 Å². The van der Waals surface area contributed by atoms with E-state index >= 15 is 0 Å². The first kappa shape index (κ1) is 27.2. The van der Waals surface area contributed by atoms with Crippen LogP contribution in [0.2, 0.25) is 0 Å². The molecular weight excluding hydrogens is 590 g/mol. The van der Waals surface area contributed by atoms with Gasteiger partial charge in [0.1, 0.15) is 0 Å². The molecule has 0 unspecified atom stereocenters. The van der Waals surface area contributed by atoms with Gasteiger partial charge < -0.3 is 8.83 Å². The van der Waals surface area contributed by atoms with Gasteiger partial charge in [-0.3, -0.25) is 9.97 Å². The van der Waals surface area contributed by atoms with Crippen LogP contribution in [-0.4, -0.2) is 30.4 Å². The second-order valence-corrected chi connectivity index (χ2v) is 9.66. The number of hydrogen-bond donors (Lipinski definition) is 0. The molecule has 0 atom stereocenters. The van der Waals surface area contributed by atoms with E-state index in [-0.39, 0.29) is 34.6 Å². The lowest BCUT2D eigenvalue weighted by Gasteiger charge is -2.07. The Kier molecular flexibility index (Phi) is 6.16. The van der Waals surface area contributed by atoms with Gasteiger partial charge in [-0.05, 0) is 54.6 Å². The predicted octanol–water partition coefficient (Wildman–Crippen LogP) is 8.25. The molecule has 0 spiro atoms. The number of nitrogens with zero attached hydrogens (tertiary/aromatic N) is 6. The van der Waals surface area contributed by atoms with Crippen LogP contribution in [0.5, 0.6) is 0 Å². The Bertz CT molecular complexity index is 2040. The van der Waals surface area contributed by atoms with Crippen LogP contribution in [0.25, 0.3) is 67.6 Å². The molecule has 4 heterocycles. The zero-order valence-electron chi connectivity index (χ0n) is 21.9. The largest absolute Gasteiger partial charge is 0.416 e. The molecule has 0 N–H and O–H groups in total. The molecule has 0 radical (unpaired) electrons. The molecular formula is C30H14F6N6O2. The smallest absolute Gasteiger partial charge is 0.416 e. The number of halogens is 6. The molecule has 0 fully saturated rings. The minimum atomic E-state index is -4.48. The normalized spacial score (nSPS) is 12.3. The van der Waals surface area contributed by atoms with Crippen LogP contribution in [0.15, 0.2) is 94.0 Å². The summed E-state index contributed by atoms with van der Waals surface area (Å²) in [6, 6.07) is 16.6. The van der Waals surface area contributed by atoms with E-state index in [9.17, 15) is 26.3 Å². The molecule has 0 amide bonds. The van der Waals surface area contributed by atoms with Gasteiger partial charge in [0, 0.05) is 34.3 Å². The number of aromatic nitrogens is 6. The van der Waals surface area contributed by atoms with Crippen LogP contribution in [0.1, 0.15) is 11.1 Å². The summed E-state index contributed by atoms with van der Waals surface area (Å²) in [6.45, 7) is 0. The highest BCUT2D eigenvalue weighted by molar-refractivity contribution is 5.84. The van der Waals surface area contributed by atoms with Crippen LogP contribution in [-0.2, 0) is 12.4 Å². The first-order chi connectivity index (χ1) is 21.0. The highest BCUT2D eigenvalue weighted by Crippen LogP contribution is 2.34. The Hall–Kier alpha value is -5.66. The maximum absolute atomic E-state index is 13.0.